The van der Waals surface area contributed by atoms with Gasteiger partial charge in [-0.25, -0.2) is 4.98 Å². The van der Waals surface area contributed by atoms with Crippen molar-refractivity contribution in [3.63, 3.8) is 0 Å². The van der Waals surface area contributed by atoms with Crippen molar-refractivity contribution in [3.8, 4) is 11.5 Å². The van der Waals surface area contributed by atoms with E-state index in [1.54, 1.807) is 13.3 Å². The van der Waals surface area contributed by atoms with E-state index in [4.69, 9.17) is 4.42 Å². The number of rotatable bonds is 5. The number of aliphatic imine (C=N–C) groups is 1. The Morgan fingerprint density at radius 2 is 1.85 bits per heavy atom. The van der Waals surface area contributed by atoms with Crippen LogP contribution in [-0.4, -0.2) is 18.0 Å². The lowest BCUT2D eigenvalue weighted by molar-refractivity contribution is 0.572. The molecule has 0 amide bonds. The predicted octanol–water partition coefficient (Wildman–Crippen LogP) is 5.15. The van der Waals surface area contributed by atoms with E-state index in [0.717, 1.165) is 15.7 Å². The van der Waals surface area contributed by atoms with Crippen molar-refractivity contribution in [2.75, 3.05) is 7.05 Å². The second kappa shape index (κ2) is 10.5. The lowest BCUT2D eigenvalue weighted by Gasteiger charge is -2.19. The van der Waals surface area contributed by atoms with Crippen LogP contribution in [0, 0.1) is 0 Å². The molecule has 0 aliphatic rings. The number of oxazole rings is 1. The monoisotopic (exact) mass is 540 g/mol. The molecule has 1 aromatic heterocycles. The van der Waals surface area contributed by atoms with Crippen molar-refractivity contribution in [2.45, 2.75) is 19.5 Å². The van der Waals surface area contributed by atoms with Crippen molar-refractivity contribution >= 4 is 45.9 Å². The molecule has 1 atom stereocenters. The van der Waals surface area contributed by atoms with Crippen LogP contribution in [0.1, 0.15) is 24.2 Å². The zero-order valence-corrected chi connectivity index (χ0v) is 19.1. The van der Waals surface area contributed by atoms with Gasteiger partial charge in [0.1, 0.15) is 6.26 Å². The average Bonchev–Trinajstić information content (AvgIpc) is 3.15. The number of nitrogens with zero attached hydrogens (tertiary/aromatic N) is 2. The highest BCUT2D eigenvalue weighted by Gasteiger charge is 2.11. The molecule has 3 aromatic rings. The van der Waals surface area contributed by atoms with Gasteiger partial charge in [0.15, 0.2) is 5.96 Å². The first kappa shape index (κ1) is 21.4. The Balaban J connectivity index is 0.00000261. The van der Waals surface area contributed by atoms with E-state index in [-0.39, 0.29) is 30.0 Å². The molecule has 0 radical (unpaired) electrons. The fraction of sp³-hybridized carbons (Fsp3) is 0.200. The van der Waals surface area contributed by atoms with Crippen LogP contribution < -0.4 is 10.6 Å². The van der Waals surface area contributed by atoms with Gasteiger partial charge in [-0.15, -0.1) is 24.0 Å². The molecule has 1 heterocycles. The van der Waals surface area contributed by atoms with E-state index in [2.05, 4.69) is 49.5 Å². The van der Waals surface area contributed by atoms with Gasteiger partial charge in [-0.1, -0.05) is 52.3 Å². The number of nitrogens with one attached hydrogen (secondary N) is 2. The Hall–Kier alpha value is -1.87. The van der Waals surface area contributed by atoms with Gasteiger partial charge in [-0.2, -0.15) is 0 Å². The van der Waals surface area contributed by atoms with Gasteiger partial charge in [-0.05, 0) is 30.7 Å². The van der Waals surface area contributed by atoms with Crippen molar-refractivity contribution < 1.29 is 4.42 Å². The number of aromatic nitrogens is 1. The standard InChI is InChI=1S/C20H21BrN4O.HI/c1-14(17-10-6-7-11-18(17)21)24-20(22-2)23-12-16-13-26-19(25-16)15-8-4-3-5-9-15;/h3-11,13-14H,12H2,1-2H3,(H2,22,23,24);1H. The average molecular weight is 541 g/mol. The Bertz CT molecular complexity index is 882. The first-order chi connectivity index (χ1) is 12.7. The Kier molecular flexibility index (Phi) is 8.30. The van der Waals surface area contributed by atoms with Crippen molar-refractivity contribution in [1.82, 2.24) is 15.6 Å². The highest BCUT2D eigenvalue weighted by atomic mass is 127. The van der Waals surface area contributed by atoms with Gasteiger partial charge >= 0.3 is 0 Å². The van der Waals surface area contributed by atoms with Crippen LogP contribution in [0.3, 0.4) is 0 Å². The number of guanidine groups is 1. The zero-order chi connectivity index (χ0) is 18.4. The second-order valence-electron chi connectivity index (χ2n) is 5.82. The summed E-state index contributed by atoms with van der Waals surface area (Å²) in [5.74, 6) is 1.32. The van der Waals surface area contributed by atoms with E-state index >= 15 is 0 Å². The molecule has 0 saturated carbocycles. The molecule has 0 spiro atoms. The number of hydrogen-bond acceptors (Lipinski definition) is 3. The SMILES string of the molecule is CN=C(NCc1coc(-c2ccccc2)n1)NC(C)c1ccccc1Br.I. The van der Waals surface area contributed by atoms with Gasteiger partial charge < -0.3 is 15.1 Å². The van der Waals surface area contributed by atoms with Crippen LogP contribution in [0.2, 0.25) is 0 Å². The Labute approximate surface area is 184 Å². The lowest BCUT2D eigenvalue weighted by atomic mass is 10.1. The van der Waals surface area contributed by atoms with E-state index in [1.165, 1.54) is 5.56 Å². The largest absolute Gasteiger partial charge is 0.444 e. The summed E-state index contributed by atoms with van der Waals surface area (Å²) in [5.41, 5.74) is 2.95. The number of benzene rings is 2. The highest BCUT2D eigenvalue weighted by molar-refractivity contribution is 14.0. The van der Waals surface area contributed by atoms with Gasteiger partial charge in [0, 0.05) is 17.1 Å². The van der Waals surface area contributed by atoms with Gasteiger partial charge in [-0.3, -0.25) is 4.99 Å². The Morgan fingerprint density at radius 3 is 2.56 bits per heavy atom. The maximum absolute atomic E-state index is 5.57. The minimum absolute atomic E-state index is 0. The molecule has 5 nitrogen and oxygen atoms in total. The maximum Gasteiger partial charge on any atom is 0.226 e. The molecule has 2 N–H and O–H groups in total. The summed E-state index contributed by atoms with van der Waals surface area (Å²) in [6.45, 7) is 2.62. The summed E-state index contributed by atoms with van der Waals surface area (Å²) in [6, 6.07) is 18.1. The highest BCUT2D eigenvalue weighted by Crippen LogP contribution is 2.22. The summed E-state index contributed by atoms with van der Waals surface area (Å²) in [5, 5.41) is 6.65. The molecule has 0 aliphatic heterocycles. The third-order valence-corrected chi connectivity index (χ3v) is 4.68. The maximum atomic E-state index is 5.57. The van der Waals surface area contributed by atoms with Crippen LogP contribution in [-0.2, 0) is 6.54 Å². The molecule has 0 aliphatic carbocycles. The molecule has 0 bridgehead atoms. The minimum atomic E-state index is 0. The van der Waals surface area contributed by atoms with Crippen LogP contribution in [0.25, 0.3) is 11.5 Å². The Morgan fingerprint density at radius 1 is 1.15 bits per heavy atom. The van der Waals surface area contributed by atoms with Crippen LogP contribution >= 0.6 is 39.9 Å². The summed E-state index contributed by atoms with van der Waals surface area (Å²) in [7, 11) is 1.75. The van der Waals surface area contributed by atoms with Crippen LogP contribution in [0.15, 0.2) is 74.7 Å². The molecule has 3 rings (SSSR count). The van der Waals surface area contributed by atoms with Crippen LogP contribution in [0.4, 0.5) is 0 Å². The topological polar surface area (TPSA) is 62.5 Å². The third kappa shape index (κ3) is 5.80. The van der Waals surface area contributed by atoms with E-state index in [9.17, 15) is 0 Å². The first-order valence-corrected chi connectivity index (χ1v) is 9.18. The first-order valence-electron chi connectivity index (χ1n) is 8.39. The second-order valence-corrected chi connectivity index (χ2v) is 6.68. The quantitative estimate of drug-likeness (QED) is 0.267. The fourth-order valence-corrected chi connectivity index (χ4v) is 3.21. The molecular weight excluding hydrogens is 519 g/mol. The summed E-state index contributed by atoms with van der Waals surface area (Å²) < 4.78 is 6.63. The number of hydrogen-bond donors (Lipinski definition) is 2. The molecule has 2 aromatic carbocycles. The molecule has 0 fully saturated rings. The van der Waals surface area contributed by atoms with E-state index < -0.39 is 0 Å². The van der Waals surface area contributed by atoms with Crippen molar-refractivity contribution in [3.05, 3.63) is 76.6 Å². The van der Waals surface area contributed by atoms with Crippen LogP contribution in [0.5, 0.6) is 0 Å². The predicted molar refractivity (Wildman–Crippen MR) is 123 cm³/mol. The normalized spacial score (nSPS) is 12.2. The summed E-state index contributed by atoms with van der Waals surface area (Å²) >= 11 is 3.59. The van der Waals surface area contributed by atoms with Gasteiger partial charge in [0.2, 0.25) is 5.89 Å². The molecule has 7 heteroatoms. The van der Waals surface area contributed by atoms with Crippen molar-refractivity contribution in [2.24, 2.45) is 4.99 Å². The molecular formula is C20H22BrIN4O. The molecule has 1 unspecified atom stereocenters. The lowest BCUT2D eigenvalue weighted by Crippen LogP contribution is -2.38. The van der Waals surface area contributed by atoms with Gasteiger partial charge in [0.05, 0.1) is 18.3 Å². The molecule has 27 heavy (non-hydrogen) atoms. The number of halogens is 2. The zero-order valence-electron chi connectivity index (χ0n) is 15.1. The summed E-state index contributed by atoms with van der Waals surface area (Å²) in [4.78, 5) is 8.80. The molecule has 0 saturated heterocycles. The fourth-order valence-electron chi connectivity index (χ4n) is 2.58. The van der Waals surface area contributed by atoms with E-state index in [0.29, 0.717) is 18.4 Å². The smallest absolute Gasteiger partial charge is 0.226 e. The summed E-state index contributed by atoms with van der Waals surface area (Å²) in [6.07, 6.45) is 1.67. The van der Waals surface area contributed by atoms with Crippen molar-refractivity contribution in [1.29, 1.82) is 0 Å². The van der Waals surface area contributed by atoms with Gasteiger partial charge in [0.25, 0.3) is 0 Å². The molecule has 142 valence electrons. The third-order valence-electron chi connectivity index (χ3n) is 3.96. The minimum Gasteiger partial charge on any atom is -0.444 e. The van der Waals surface area contributed by atoms with E-state index in [1.807, 2.05) is 48.5 Å².